The predicted octanol–water partition coefficient (Wildman–Crippen LogP) is 4.11. The molecule has 0 spiro atoms. The van der Waals surface area contributed by atoms with Crippen LogP contribution in [0.4, 0.5) is 20.6 Å². The summed E-state index contributed by atoms with van der Waals surface area (Å²) in [5.41, 5.74) is 3.24. The molecule has 27 heavy (non-hydrogen) atoms. The number of halogens is 1. The molecule has 2 amide bonds. The second-order valence-electron chi connectivity index (χ2n) is 6.68. The van der Waals surface area contributed by atoms with Crippen LogP contribution < -0.4 is 15.5 Å². The number of rotatable bonds is 5. The minimum atomic E-state index is -0.361. The number of urea groups is 1. The average Bonchev–Trinajstić information content (AvgIpc) is 2.68. The number of ether oxygens (including phenoxy) is 1. The monoisotopic (exact) mass is 371 g/mol. The molecule has 0 radical (unpaired) electrons. The van der Waals surface area contributed by atoms with Gasteiger partial charge in [0, 0.05) is 18.8 Å². The van der Waals surface area contributed by atoms with Crippen molar-refractivity contribution < 1.29 is 13.9 Å². The van der Waals surface area contributed by atoms with E-state index in [-0.39, 0.29) is 17.9 Å². The van der Waals surface area contributed by atoms with Crippen LogP contribution in [0.2, 0.25) is 0 Å². The van der Waals surface area contributed by atoms with E-state index in [0.29, 0.717) is 37.7 Å². The second kappa shape index (κ2) is 8.86. The lowest BCUT2D eigenvalue weighted by Gasteiger charge is -2.29. The van der Waals surface area contributed by atoms with Gasteiger partial charge in [-0.15, -0.1) is 0 Å². The number of morpholine rings is 1. The minimum absolute atomic E-state index is 0.145. The lowest BCUT2D eigenvalue weighted by atomic mass is 10.1. The number of hydrogen-bond acceptors (Lipinski definition) is 3. The fraction of sp³-hybridized carbons (Fsp3) is 0.381. The summed E-state index contributed by atoms with van der Waals surface area (Å²) in [5, 5.41) is 5.58. The van der Waals surface area contributed by atoms with E-state index in [2.05, 4.69) is 29.7 Å². The molecule has 1 heterocycles. The SMILES string of the molecule is CCc1ccc(C(C)NC(=O)Nc2ccc(N3CCOCC3)c(F)c2)cc1. The van der Waals surface area contributed by atoms with Gasteiger partial charge in [0.2, 0.25) is 0 Å². The van der Waals surface area contributed by atoms with Crippen LogP contribution in [0.25, 0.3) is 0 Å². The van der Waals surface area contributed by atoms with Crippen LogP contribution in [-0.4, -0.2) is 32.3 Å². The summed E-state index contributed by atoms with van der Waals surface area (Å²) in [6, 6.07) is 12.4. The fourth-order valence-corrected chi connectivity index (χ4v) is 3.13. The fourth-order valence-electron chi connectivity index (χ4n) is 3.13. The van der Waals surface area contributed by atoms with Gasteiger partial charge in [0.25, 0.3) is 0 Å². The molecule has 0 saturated carbocycles. The van der Waals surface area contributed by atoms with Crippen LogP contribution in [0.3, 0.4) is 0 Å². The van der Waals surface area contributed by atoms with Gasteiger partial charge in [-0.1, -0.05) is 31.2 Å². The Bertz CT molecular complexity index is 773. The summed E-state index contributed by atoms with van der Waals surface area (Å²) in [7, 11) is 0. The van der Waals surface area contributed by atoms with Gasteiger partial charge in [-0.2, -0.15) is 0 Å². The third kappa shape index (κ3) is 4.98. The first-order valence-corrected chi connectivity index (χ1v) is 9.35. The van der Waals surface area contributed by atoms with Gasteiger partial charge >= 0.3 is 6.03 Å². The largest absolute Gasteiger partial charge is 0.378 e. The average molecular weight is 371 g/mol. The van der Waals surface area contributed by atoms with E-state index in [1.807, 2.05) is 24.0 Å². The quantitative estimate of drug-likeness (QED) is 0.832. The Morgan fingerprint density at radius 1 is 1.19 bits per heavy atom. The van der Waals surface area contributed by atoms with Crippen molar-refractivity contribution in [2.75, 3.05) is 36.5 Å². The van der Waals surface area contributed by atoms with E-state index >= 15 is 0 Å². The van der Waals surface area contributed by atoms with E-state index in [1.165, 1.54) is 11.6 Å². The number of nitrogens with one attached hydrogen (secondary N) is 2. The van der Waals surface area contributed by atoms with Crippen molar-refractivity contribution in [3.8, 4) is 0 Å². The number of amides is 2. The Hall–Kier alpha value is -2.60. The van der Waals surface area contributed by atoms with Gasteiger partial charge in [-0.05, 0) is 42.7 Å². The van der Waals surface area contributed by atoms with Crippen LogP contribution in [-0.2, 0) is 11.2 Å². The molecular formula is C21H26FN3O2. The van der Waals surface area contributed by atoms with Crippen LogP contribution in [0, 0.1) is 5.82 Å². The van der Waals surface area contributed by atoms with Crippen molar-refractivity contribution in [1.82, 2.24) is 5.32 Å². The number of carbonyl (C=O) groups is 1. The molecule has 0 aliphatic carbocycles. The van der Waals surface area contributed by atoms with E-state index in [1.54, 1.807) is 12.1 Å². The Balaban J connectivity index is 1.59. The highest BCUT2D eigenvalue weighted by atomic mass is 19.1. The van der Waals surface area contributed by atoms with Crippen molar-refractivity contribution in [3.63, 3.8) is 0 Å². The number of anilines is 2. The molecule has 144 valence electrons. The molecule has 0 bridgehead atoms. The molecule has 1 fully saturated rings. The Labute approximate surface area is 159 Å². The molecule has 0 aromatic heterocycles. The molecule has 2 N–H and O–H groups in total. The van der Waals surface area contributed by atoms with Crippen LogP contribution >= 0.6 is 0 Å². The highest BCUT2D eigenvalue weighted by molar-refractivity contribution is 5.89. The molecule has 5 nitrogen and oxygen atoms in total. The topological polar surface area (TPSA) is 53.6 Å². The van der Waals surface area contributed by atoms with E-state index in [4.69, 9.17) is 4.74 Å². The summed E-state index contributed by atoms with van der Waals surface area (Å²) < 4.78 is 19.7. The van der Waals surface area contributed by atoms with Gasteiger partial charge in [0.05, 0.1) is 24.9 Å². The zero-order valence-electron chi connectivity index (χ0n) is 15.8. The molecule has 2 aromatic rings. The van der Waals surface area contributed by atoms with Crippen molar-refractivity contribution in [3.05, 3.63) is 59.4 Å². The van der Waals surface area contributed by atoms with Gasteiger partial charge in [0.15, 0.2) is 0 Å². The zero-order valence-corrected chi connectivity index (χ0v) is 15.8. The molecule has 6 heteroatoms. The van der Waals surface area contributed by atoms with Gasteiger partial charge in [0.1, 0.15) is 5.82 Å². The number of hydrogen-bond donors (Lipinski definition) is 2. The van der Waals surface area contributed by atoms with Gasteiger partial charge < -0.3 is 20.3 Å². The van der Waals surface area contributed by atoms with Gasteiger partial charge in [-0.3, -0.25) is 0 Å². The maximum Gasteiger partial charge on any atom is 0.319 e. The molecule has 1 aliphatic heterocycles. The number of benzene rings is 2. The zero-order chi connectivity index (χ0) is 19.2. The second-order valence-corrected chi connectivity index (χ2v) is 6.68. The minimum Gasteiger partial charge on any atom is -0.378 e. The predicted molar refractivity (Wildman–Crippen MR) is 106 cm³/mol. The summed E-state index contributed by atoms with van der Waals surface area (Å²) in [6.45, 7) is 6.55. The van der Waals surface area contributed by atoms with Crippen molar-refractivity contribution >= 4 is 17.4 Å². The first-order valence-electron chi connectivity index (χ1n) is 9.35. The van der Waals surface area contributed by atoms with Crippen LogP contribution in [0.1, 0.15) is 31.0 Å². The van der Waals surface area contributed by atoms with Gasteiger partial charge in [-0.25, -0.2) is 9.18 Å². The number of nitrogens with zero attached hydrogens (tertiary/aromatic N) is 1. The van der Waals surface area contributed by atoms with E-state index in [0.717, 1.165) is 12.0 Å². The molecule has 2 aromatic carbocycles. The Morgan fingerprint density at radius 2 is 1.89 bits per heavy atom. The lowest BCUT2D eigenvalue weighted by molar-refractivity contribution is 0.122. The molecule has 3 rings (SSSR count). The molecular weight excluding hydrogens is 345 g/mol. The summed E-state index contributed by atoms with van der Waals surface area (Å²) >= 11 is 0. The number of aryl methyl sites for hydroxylation is 1. The van der Waals surface area contributed by atoms with E-state index in [9.17, 15) is 9.18 Å². The first kappa shape index (κ1) is 19.2. The molecule has 1 saturated heterocycles. The highest BCUT2D eigenvalue weighted by Crippen LogP contribution is 2.24. The standard InChI is InChI=1S/C21H26FN3O2/c1-3-16-4-6-17(7-5-16)15(2)23-21(26)24-18-8-9-20(19(22)14-18)25-10-12-27-13-11-25/h4-9,14-15H,3,10-13H2,1-2H3,(H2,23,24,26). The van der Waals surface area contributed by atoms with Crippen LogP contribution in [0.15, 0.2) is 42.5 Å². The van der Waals surface area contributed by atoms with Crippen molar-refractivity contribution in [2.45, 2.75) is 26.3 Å². The smallest absolute Gasteiger partial charge is 0.319 e. The summed E-state index contributed by atoms with van der Waals surface area (Å²) in [6.07, 6.45) is 0.981. The first-order chi connectivity index (χ1) is 13.1. The van der Waals surface area contributed by atoms with Crippen molar-refractivity contribution in [2.24, 2.45) is 0 Å². The normalized spacial score (nSPS) is 15.3. The van der Waals surface area contributed by atoms with Crippen LogP contribution in [0.5, 0.6) is 0 Å². The Kier molecular flexibility index (Phi) is 6.29. The van der Waals surface area contributed by atoms with E-state index < -0.39 is 0 Å². The molecule has 1 aliphatic rings. The molecule has 1 atom stereocenters. The Morgan fingerprint density at radius 3 is 2.52 bits per heavy atom. The molecule has 1 unspecified atom stereocenters. The third-order valence-corrected chi connectivity index (χ3v) is 4.79. The summed E-state index contributed by atoms with van der Waals surface area (Å²) in [5.74, 6) is -0.349. The maximum absolute atomic E-state index is 14.4. The lowest BCUT2D eigenvalue weighted by Crippen LogP contribution is -2.36. The maximum atomic E-state index is 14.4. The highest BCUT2D eigenvalue weighted by Gasteiger charge is 2.16. The van der Waals surface area contributed by atoms with Crippen molar-refractivity contribution in [1.29, 1.82) is 0 Å². The third-order valence-electron chi connectivity index (χ3n) is 4.79. The number of carbonyl (C=O) groups excluding carboxylic acids is 1. The summed E-state index contributed by atoms with van der Waals surface area (Å²) in [4.78, 5) is 14.2.